The fraction of sp³-hybridized carbons (Fsp3) is 0.286. The molecular formula is C7H7Cl2NO2S. The van der Waals surface area contributed by atoms with Gasteiger partial charge in [-0.1, -0.05) is 23.2 Å². The molecule has 0 spiro atoms. The molecule has 0 aromatic carbocycles. The molecule has 0 aliphatic carbocycles. The summed E-state index contributed by atoms with van der Waals surface area (Å²) in [5.74, 6) is -0.953. The number of aliphatic carboxylic acids is 1. The monoisotopic (exact) mass is 239 g/mol. The third-order valence-electron chi connectivity index (χ3n) is 1.48. The quantitative estimate of drug-likeness (QED) is 0.853. The lowest BCUT2D eigenvalue weighted by Crippen LogP contribution is -2.14. The van der Waals surface area contributed by atoms with Crippen LogP contribution < -0.4 is 5.73 Å². The van der Waals surface area contributed by atoms with E-state index in [0.717, 1.165) is 0 Å². The van der Waals surface area contributed by atoms with Crippen molar-refractivity contribution < 1.29 is 9.90 Å². The van der Waals surface area contributed by atoms with Crippen LogP contribution in [0.2, 0.25) is 8.67 Å². The second-order valence-corrected chi connectivity index (χ2v) is 4.77. The number of thiophene rings is 1. The molecule has 6 heteroatoms. The van der Waals surface area contributed by atoms with Crippen molar-refractivity contribution in [2.24, 2.45) is 5.73 Å². The van der Waals surface area contributed by atoms with Gasteiger partial charge in [-0.2, -0.15) is 0 Å². The summed E-state index contributed by atoms with van der Waals surface area (Å²) >= 11 is 12.6. The summed E-state index contributed by atoms with van der Waals surface area (Å²) in [6.45, 7) is 0. The standard InChI is InChI=1S/C7H7Cl2NO2S/c8-5-1-3(7(9)13-5)4(10)2-6(11)12/h1,4H,2,10H2,(H,11,12)/t4-/m1/s1. The molecule has 0 fully saturated rings. The van der Waals surface area contributed by atoms with E-state index in [1.807, 2.05) is 0 Å². The van der Waals surface area contributed by atoms with Gasteiger partial charge in [0.15, 0.2) is 0 Å². The number of nitrogens with two attached hydrogens (primary N) is 1. The highest BCUT2D eigenvalue weighted by molar-refractivity contribution is 7.20. The Balaban J connectivity index is 2.81. The van der Waals surface area contributed by atoms with Crippen LogP contribution in [0.3, 0.4) is 0 Å². The van der Waals surface area contributed by atoms with E-state index in [-0.39, 0.29) is 6.42 Å². The molecule has 3 N–H and O–H groups in total. The molecule has 1 atom stereocenters. The lowest BCUT2D eigenvalue weighted by atomic mass is 10.1. The molecule has 0 aliphatic rings. The van der Waals surface area contributed by atoms with Crippen LogP contribution in [-0.4, -0.2) is 11.1 Å². The summed E-state index contributed by atoms with van der Waals surface area (Å²) in [4.78, 5) is 10.3. The van der Waals surface area contributed by atoms with Crippen molar-refractivity contribution in [2.45, 2.75) is 12.5 Å². The van der Waals surface area contributed by atoms with E-state index in [1.54, 1.807) is 6.07 Å². The number of halogens is 2. The van der Waals surface area contributed by atoms with Crippen molar-refractivity contribution in [3.63, 3.8) is 0 Å². The highest BCUT2D eigenvalue weighted by atomic mass is 35.5. The largest absolute Gasteiger partial charge is 0.481 e. The summed E-state index contributed by atoms with van der Waals surface area (Å²) in [6.07, 6.45) is -0.146. The molecule has 13 heavy (non-hydrogen) atoms. The molecule has 0 bridgehead atoms. The SMILES string of the molecule is N[C@H](CC(=O)O)c1cc(Cl)sc1Cl. The summed E-state index contributed by atoms with van der Waals surface area (Å²) in [5, 5.41) is 8.49. The van der Waals surface area contributed by atoms with Gasteiger partial charge in [0.1, 0.15) is 0 Å². The first-order valence-corrected chi connectivity index (χ1v) is 5.00. The van der Waals surface area contributed by atoms with Gasteiger partial charge in [0.25, 0.3) is 0 Å². The molecule has 0 saturated heterocycles. The number of carboxylic acids is 1. The molecule has 0 radical (unpaired) electrons. The highest BCUT2D eigenvalue weighted by Crippen LogP contribution is 2.34. The first-order valence-electron chi connectivity index (χ1n) is 3.43. The molecule has 0 saturated carbocycles. The molecule has 0 aliphatic heterocycles. The van der Waals surface area contributed by atoms with Crippen LogP contribution in [0.5, 0.6) is 0 Å². The predicted octanol–water partition coefficient (Wildman–Crippen LogP) is 2.53. The minimum atomic E-state index is -0.953. The Bertz CT molecular complexity index is 326. The lowest BCUT2D eigenvalue weighted by molar-refractivity contribution is -0.137. The summed E-state index contributed by atoms with van der Waals surface area (Å²) in [5.41, 5.74) is 6.19. The van der Waals surface area contributed by atoms with Crippen LogP contribution in [0.25, 0.3) is 0 Å². The first kappa shape index (κ1) is 10.8. The third-order valence-corrected chi connectivity index (χ3v) is 3.00. The molecule has 1 rings (SSSR count). The minimum Gasteiger partial charge on any atom is -0.481 e. The molecule has 72 valence electrons. The second-order valence-electron chi connectivity index (χ2n) is 2.48. The van der Waals surface area contributed by atoms with Crippen LogP contribution in [0.15, 0.2) is 6.07 Å². The van der Waals surface area contributed by atoms with Crippen LogP contribution in [0, 0.1) is 0 Å². The average molecular weight is 240 g/mol. The number of carbonyl (C=O) groups is 1. The fourth-order valence-corrected chi connectivity index (χ4v) is 2.50. The van der Waals surface area contributed by atoms with Gasteiger partial charge < -0.3 is 10.8 Å². The number of hydrogen-bond donors (Lipinski definition) is 2. The molecule has 0 amide bonds. The fourth-order valence-electron chi connectivity index (χ4n) is 0.904. The third kappa shape index (κ3) is 2.84. The van der Waals surface area contributed by atoms with Crippen LogP contribution in [-0.2, 0) is 4.79 Å². The zero-order valence-electron chi connectivity index (χ0n) is 6.46. The molecule has 3 nitrogen and oxygen atoms in total. The Morgan fingerprint density at radius 2 is 2.31 bits per heavy atom. The van der Waals surface area contributed by atoms with Gasteiger partial charge in [0.2, 0.25) is 0 Å². The first-order chi connectivity index (χ1) is 6.00. The van der Waals surface area contributed by atoms with E-state index in [9.17, 15) is 4.79 Å². The van der Waals surface area contributed by atoms with Gasteiger partial charge in [-0.3, -0.25) is 4.79 Å². The molecular weight excluding hydrogens is 233 g/mol. The van der Waals surface area contributed by atoms with Gasteiger partial charge >= 0.3 is 5.97 Å². The maximum atomic E-state index is 10.3. The Labute approximate surface area is 89.1 Å². The Morgan fingerprint density at radius 1 is 1.69 bits per heavy atom. The van der Waals surface area contributed by atoms with Crippen LogP contribution >= 0.6 is 34.5 Å². The molecule has 1 aromatic rings. The van der Waals surface area contributed by atoms with Crippen LogP contribution in [0.1, 0.15) is 18.0 Å². The zero-order valence-corrected chi connectivity index (χ0v) is 8.79. The smallest absolute Gasteiger partial charge is 0.305 e. The van der Waals surface area contributed by atoms with E-state index >= 15 is 0 Å². The maximum Gasteiger partial charge on any atom is 0.305 e. The Kier molecular flexibility index (Phi) is 3.55. The Morgan fingerprint density at radius 3 is 2.69 bits per heavy atom. The van der Waals surface area contributed by atoms with Crippen molar-refractivity contribution in [1.82, 2.24) is 0 Å². The van der Waals surface area contributed by atoms with E-state index < -0.39 is 12.0 Å². The second kappa shape index (κ2) is 4.28. The Hall–Kier alpha value is -0.290. The van der Waals surface area contributed by atoms with Crippen molar-refractivity contribution in [3.8, 4) is 0 Å². The number of hydrogen-bond acceptors (Lipinski definition) is 3. The van der Waals surface area contributed by atoms with Crippen molar-refractivity contribution >= 4 is 40.5 Å². The highest BCUT2D eigenvalue weighted by Gasteiger charge is 2.16. The van der Waals surface area contributed by atoms with Gasteiger partial charge in [-0.15, -0.1) is 11.3 Å². The lowest BCUT2D eigenvalue weighted by Gasteiger charge is -2.06. The zero-order chi connectivity index (χ0) is 10.0. The van der Waals surface area contributed by atoms with Gasteiger partial charge in [0.05, 0.1) is 15.1 Å². The van der Waals surface area contributed by atoms with Crippen molar-refractivity contribution in [1.29, 1.82) is 0 Å². The topological polar surface area (TPSA) is 63.3 Å². The summed E-state index contributed by atoms with van der Waals surface area (Å²) in [6, 6.07) is 1.01. The van der Waals surface area contributed by atoms with Crippen molar-refractivity contribution in [3.05, 3.63) is 20.3 Å². The van der Waals surface area contributed by atoms with Crippen LogP contribution in [0.4, 0.5) is 0 Å². The predicted molar refractivity (Wildman–Crippen MR) is 53.5 cm³/mol. The van der Waals surface area contributed by atoms with Crippen molar-refractivity contribution in [2.75, 3.05) is 0 Å². The maximum absolute atomic E-state index is 10.3. The van der Waals surface area contributed by atoms with E-state index in [0.29, 0.717) is 14.2 Å². The van der Waals surface area contributed by atoms with E-state index in [4.69, 9.17) is 34.0 Å². The van der Waals surface area contributed by atoms with E-state index in [2.05, 4.69) is 0 Å². The average Bonchev–Trinajstić information content (AvgIpc) is 2.28. The summed E-state index contributed by atoms with van der Waals surface area (Å²) in [7, 11) is 0. The van der Waals surface area contributed by atoms with E-state index in [1.165, 1.54) is 11.3 Å². The molecule has 1 heterocycles. The normalized spacial score (nSPS) is 12.8. The number of rotatable bonds is 3. The van der Waals surface area contributed by atoms with Gasteiger partial charge in [-0.25, -0.2) is 0 Å². The van der Waals surface area contributed by atoms with Gasteiger partial charge in [-0.05, 0) is 6.07 Å². The number of carboxylic acid groups (broad SMARTS) is 1. The summed E-state index contributed by atoms with van der Waals surface area (Å²) < 4.78 is 0.972. The van der Waals surface area contributed by atoms with Gasteiger partial charge in [0, 0.05) is 11.6 Å². The molecule has 0 unspecified atom stereocenters. The minimum absolute atomic E-state index is 0.146. The molecule has 1 aromatic heterocycles.